The summed E-state index contributed by atoms with van der Waals surface area (Å²) in [5.41, 5.74) is 4.73. The standard InChI is InChI=1S/C7H3BrF3N3O/c8-6-5(13)3(1-12)4(2-14-6)15-7(9,10)11/h2H,13H2. The Morgan fingerprint density at radius 2 is 2.13 bits per heavy atom. The largest absolute Gasteiger partial charge is 0.573 e. The topological polar surface area (TPSA) is 71.9 Å². The van der Waals surface area contributed by atoms with E-state index in [0.29, 0.717) is 0 Å². The Morgan fingerprint density at radius 1 is 1.53 bits per heavy atom. The highest BCUT2D eigenvalue weighted by atomic mass is 79.9. The molecule has 8 heteroatoms. The van der Waals surface area contributed by atoms with Crippen molar-refractivity contribution in [3.05, 3.63) is 16.4 Å². The molecule has 4 nitrogen and oxygen atoms in total. The van der Waals surface area contributed by atoms with E-state index in [9.17, 15) is 13.2 Å². The van der Waals surface area contributed by atoms with Crippen LogP contribution in [-0.2, 0) is 0 Å². The Balaban J connectivity index is 3.21. The third kappa shape index (κ3) is 2.73. The minimum absolute atomic E-state index is 0.0913. The number of pyridine rings is 1. The van der Waals surface area contributed by atoms with Gasteiger partial charge in [0.25, 0.3) is 0 Å². The molecule has 1 rings (SSSR count). The first kappa shape index (κ1) is 11.6. The van der Waals surface area contributed by atoms with Crippen molar-refractivity contribution in [2.45, 2.75) is 6.36 Å². The van der Waals surface area contributed by atoms with Crippen molar-refractivity contribution >= 4 is 21.6 Å². The molecule has 1 heterocycles. The van der Waals surface area contributed by atoms with Gasteiger partial charge in [-0.25, -0.2) is 4.98 Å². The van der Waals surface area contributed by atoms with E-state index >= 15 is 0 Å². The molecule has 15 heavy (non-hydrogen) atoms. The molecule has 0 aliphatic heterocycles. The number of nitrogens with zero attached hydrogens (tertiary/aromatic N) is 2. The molecule has 0 spiro atoms. The number of nitrogens with two attached hydrogens (primary N) is 1. The molecule has 0 saturated carbocycles. The normalized spacial score (nSPS) is 10.9. The van der Waals surface area contributed by atoms with Crippen LogP contribution in [-0.4, -0.2) is 11.3 Å². The molecule has 0 aromatic carbocycles. The van der Waals surface area contributed by atoms with E-state index in [4.69, 9.17) is 11.0 Å². The quantitative estimate of drug-likeness (QED) is 0.801. The summed E-state index contributed by atoms with van der Waals surface area (Å²) in [4.78, 5) is 3.49. The third-order valence-electron chi connectivity index (χ3n) is 1.37. The summed E-state index contributed by atoms with van der Waals surface area (Å²) < 4.78 is 39.3. The van der Waals surface area contributed by atoms with Crippen molar-refractivity contribution < 1.29 is 17.9 Å². The van der Waals surface area contributed by atoms with Gasteiger partial charge in [-0.3, -0.25) is 0 Å². The Hall–Kier alpha value is -1.49. The van der Waals surface area contributed by atoms with Crippen LogP contribution >= 0.6 is 15.9 Å². The van der Waals surface area contributed by atoms with Crippen molar-refractivity contribution in [1.82, 2.24) is 4.98 Å². The van der Waals surface area contributed by atoms with Gasteiger partial charge in [0.05, 0.1) is 11.9 Å². The summed E-state index contributed by atoms with van der Waals surface area (Å²) in [6.45, 7) is 0. The molecule has 0 aliphatic carbocycles. The molecule has 80 valence electrons. The molecule has 0 radical (unpaired) electrons. The lowest BCUT2D eigenvalue weighted by molar-refractivity contribution is -0.274. The van der Waals surface area contributed by atoms with Crippen LogP contribution in [0, 0.1) is 11.3 Å². The van der Waals surface area contributed by atoms with Crippen molar-refractivity contribution in [3.8, 4) is 11.8 Å². The molecule has 0 unspecified atom stereocenters. The minimum Gasteiger partial charge on any atom is -0.403 e. The molecule has 1 aromatic rings. The van der Waals surface area contributed by atoms with Gasteiger partial charge < -0.3 is 10.5 Å². The number of anilines is 1. The summed E-state index contributed by atoms with van der Waals surface area (Å²) >= 11 is 2.88. The summed E-state index contributed by atoms with van der Waals surface area (Å²) in [6.07, 6.45) is -4.11. The van der Waals surface area contributed by atoms with Gasteiger partial charge in [0, 0.05) is 0 Å². The van der Waals surface area contributed by atoms with Crippen LogP contribution in [0.25, 0.3) is 0 Å². The van der Waals surface area contributed by atoms with Crippen molar-refractivity contribution in [2.75, 3.05) is 5.73 Å². The highest BCUT2D eigenvalue weighted by Gasteiger charge is 2.33. The minimum atomic E-state index is -4.88. The van der Waals surface area contributed by atoms with E-state index in [2.05, 4.69) is 25.7 Å². The lowest BCUT2D eigenvalue weighted by atomic mass is 10.2. The average Bonchev–Trinajstić information content (AvgIpc) is 2.10. The molecule has 0 amide bonds. The third-order valence-corrected chi connectivity index (χ3v) is 2.00. The Bertz CT molecular complexity index is 427. The van der Waals surface area contributed by atoms with Gasteiger partial charge >= 0.3 is 6.36 Å². The summed E-state index contributed by atoms with van der Waals surface area (Å²) in [5, 5.41) is 8.59. The predicted molar refractivity (Wildman–Crippen MR) is 47.7 cm³/mol. The van der Waals surface area contributed by atoms with Crippen LogP contribution in [0.15, 0.2) is 10.8 Å². The second-order valence-corrected chi connectivity index (χ2v) is 3.11. The molecule has 2 N–H and O–H groups in total. The van der Waals surface area contributed by atoms with E-state index in [-0.39, 0.29) is 10.3 Å². The smallest absolute Gasteiger partial charge is 0.403 e. The van der Waals surface area contributed by atoms with Crippen LogP contribution < -0.4 is 10.5 Å². The van der Waals surface area contributed by atoms with Crippen molar-refractivity contribution in [2.24, 2.45) is 0 Å². The molecule has 0 fully saturated rings. The van der Waals surface area contributed by atoms with Crippen LogP contribution in [0.2, 0.25) is 0 Å². The second kappa shape index (κ2) is 3.94. The molecule has 0 atom stereocenters. The highest BCUT2D eigenvalue weighted by molar-refractivity contribution is 9.10. The van der Waals surface area contributed by atoms with Gasteiger partial charge in [-0.05, 0) is 15.9 Å². The number of hydrogen-bond acceptors (Lipinski definition) is 4. The van der Waals surface area contributed by atoms with Crippen molar-refractivity contribution in [1.29, 1.82) is 5.26 Å². The maximum absolute atomic E-state index is 11.9. The molecule has 0 aliphatic rings. The first-order valence-corrected chi connectivity index (χ1v) is 4.24. The maximum atomic E-state index is 11.9. The molecular weight excluding hydrogens is 279 g/mol. The number of aromatic nitrogens is 1. The first-order chi connectivity index (χ1) is 6.85. The van der Waals surface area contributed by atoms with Crippen LogP contribution in [0.3, 0.4) is 0 Å². The number of rotatable bonds is 1. The number of hydrogen-bond donors (Lipinski definition) is 1. The van der Waals surface area contributed by atoms with Crippen LogP contribution in [0.4, 0.5) is 18.9 Å². The zero-order valence-electron chi connectivity index (χ0n) is 6.97. The zero-order chi connectivity index (χ0) is 11.6. The Kier molecular flexibility index (Phi) is 3.04. The highest BCUT2D eigenvalue weighted by Crippen LogP contribution is 2.31. The van der Waals surface area contributed by atoms with Crippen LogP contribution in [0.5, 0.6) is 5.75 Å². The monoisotopic (exact) mass is 281 g/mol. The fraction of sp³-hybridized carbons (Fsp3) is 0.143. The number of nitrogen functional groups attached to an aromatic ring is 1. The summed E-state index contributed by atoms with van der Waals surface area (Å²) in [7, 11) is 0. The van der Waals surface area contributed by atoms with E-state index in [1.54, 1.807) is 0 Å². The fourth-order valence-electron chi connectivity index (χ4n) is 0.803. The fourth-order valence-corrected chi connectivity index (χ4v) is 1.10. The van der Waals surface area contributed by atoms with Gasteiger partial charge in [0.15, 0.2) is 5.75 Å². The van der Waals surface area contributed by atoms with E-state index in [1.165, 1.54) is 6.07 Å². The van der Waals surface area contributed by atoms with E-state index in [1.807, 2.05) is 0 Å². The number of ether oxygens (including phenoxy) is 1. The maximum Gasteiger partial charge on any atom is 0.573 e. The molecule has 0 saturated heterocycles. The van der Waals surface area contributed by atoms with E-state index < -0.39 is 17.7 Å². The van der Waals surface area contributed by atoms with Gasteiger partial charge in [-0.1, -0.05) is 0 Å². The SMILES string of the molecule is N#Cc1c(OC(F)(F)F)cnc(Br)c1N. The lowest BCUT2D eigenvalue weighted by Crippen LogP contribution is -2.18. The number of nitriles is 1. The van der Waals surface area contributed by atoms with Gasteiger partial charge in [-0.15, -0.1) is 13.2 Å². The Labute approximate surface area is 90.6 Å². The predicted octanol–water partition coefficient (Wildman–Crippen LogP) is 2.20. The summed E-state index contributed by atoms with van der Waals surface area (Å²) in [5.74, 6) is -0.717. The number of halogens is 4. The van der Waals surface area contributed by atoms with Gasteiger partial charge in [0.1, 0.15) is 16.2 Å². The lowest BCUT2D eigenvalue weighted by Gasteiger charge is -2.11. The first-order valence-electron chi connectivity index (χ1n) is 3.45. The number of alkyl halides is 3. The van der Waals surface area contributed by atoms with Crippen LogP contribution in [0.1, 0.15) is 5.56 Å². The van der Waals surface area contributed by atoms with Gasteiger partial charge in [0.2, 0.25) is 0 Å². The van der Waals surface area contributed by atoms with E-state index in [0.717, 1.165) is 6.20 Å². The van der Waals surface area contributed by atoms with Crippen molar-refractivity contribution in [3.63, 3.8) is 0 Å². The zero-order valence-corrected chi connectivity index (χ0v) is 8.56. The second-order valence-electron chi connectivity index (χ2n) is 2.36. The summed E-state index contributed by atoms with van der Waals surface area (Å²) in [6, 6.07) is 1.51. The molecular formula is C7H3BrF3N3O. The van der Waals surface area contributed by atoms with Gasteiger partial charge in [-0.2, -0.15) is 5.26 Å². The molecule has 0 bridgehead atoms. The Morgan fingerprint density at radius 3 is 2.60 bits per heavy atom. The average molecular weight is 282 g/mol. The molecule has 1 aromatic heterocycles.